The van der Waals surface area contributed by atoms with Crippen LogP contribution >= 0.6 is 0 Å². The molecule has 52 heavy (non-hydrogen) atoms. The van der Waals surface area contributed by atoms with Crippen LogP contribution in [0.5, 0.6) is 0 Å². The first-order chi connectivity index (χ1) is 23.3. The van der Waals surface area contributed by atoms with Crippen molar-refractivity contribution in [3.63, 3.8) is 0 Å². The van der Waals surface area contributed by atoms with Gasteiger partial charge in [0.15, 0.2) is 0 Å². The summed E-state index contributed by atoms with van der Waals surface area (Å²) in [7, 11) is -6.30. The fourth-order valence-electron chi connectivity index (χ4n) is 4.18. The zero-order valence-electron chi connectivity index (χ0n) is 33.2. The Morgan fingerprint density at radius 1 is 0.500 bits per heavy atom. The molecule has 306 valence electrons. The SMILES string of the molecule is CNS(=O)(=O)N(CCOCCOCCN([C@@H](CC(=O)OC(C)(C)C)C(=O)OC(C)(C)C)S(=O)(=O)NC)[C@@H](CC(=O)OC(C)(C)C)C(=O)OC(C)(C)C. The zero-order valence-corrected chi connectivity index (χ0v) is 34.9. The van der Waals surface area contributed by atoms with Crippen LogP contribution in [0.4, 0.5) is 0 Å². The summed E-state index contributed by atoms with van der Waals surface area (Å²) in [5, 5.41) is 0. The van der Waals surface area contributed by atoms with Crippen LogP contribution < -0.4 is 9.44 Å². The highest BCUT2D eigenvalue weighted by Gasteiger charge is 2.41. The van der Waals surface area contributed by atoms with Gasteiger partial charge in [0.05, 0.1) is 39.3 Å². The lowest BCUT2D eigenvalue weighted by Crippen LogP contribution is -2.53. The summed E-state index contributed by atoms with van der Waals surface area (Å²) >= 11 is 0. The quantitative estimate of drug-likeness (QED) is 0.0955. The molecule has 0 rings (SSSR count). The van der Waals surface area contributed by atoms with Crippen molar-refractivity contribution in [2.24, 2.45) is 0 Å². The van der Waals surface area contributed by atoms with E-state index in [0.717, 1.165) is 22.7 Å². The van der Waals surface area contributed by atoms with Crippen molar-refractivity contribution >= 4 is 44.3 Å². The third-order valence-corrected chi connectivity index (χ3v) is 9.17. The summed E-state index contributed by atoms with van der Waals surface area (Å²) in [6.45, 7) is 18.0. The van der Waals surface area contributed by atoms with Gasteiger partial charge in [-0.2, -0.15) is 25.4 Å². The summed E-state index contributed by atoms with van der Waals surface area (Å²) in [6, 6.07) is -3.16. The molecule has 0 bridgehead atoms. The molecule has 0 spiro atoms. The number of nitrogens with zero attached hydrogens (tertiary/aromatic N) is 2. The molecule has 0 aromatic rings. The molecule has 0 saturated heterocycles. The fraction of sp³-hybridized carbons (Fsp3) is 0.875. The molecule has 0 aliphatic heterocycles. The topological polar surface area (TPSA) is 222 Å². The third-order valence-electron chi connectivity index (χ3n) is 6.03. The Morgan fingerprint density at radius 3 is 1.00 bits per heavy atom. The lowest BCUT2D eigenvalue weighted by molar-refractivity contribution is -0.167. The maximum Gasteiger partial charge on any atom is 0.325 e. The Hall–Kier alpha value is -2.46. The average Bonchev–Trinajstić information content (AvgIpc) is 2.92. The van der Waals surface area contributed by atoms with Gasteiger partial charge in [-0.15, -0.1) is 0 Å². The van der Waals surface area contributed by atoms with E-state index in [1.54, 1.807) is 83.1 Å². The lowest BCUT2D eigenvalue weighted by Gasteiger charge is -2.32. The molecule has 0 fully saturated rings. The van der Waals surface area contributed by atoms with Gasteiger partial charge in [0, 0.05) is 27.2 Å². The van der Waals surface area contributed by atoms with Crippen molar-refractivity contribution in [1.82, 2.24) is 18.1 Å². The Bertz CT molecular complexity index is 1290. The van der Waals surface area contributed by atoms with Gasteiger partial charge in [-0.05, 0) is 83.1 Å². The van der Waals surface area contributed by atoms with Gasteiger partial charge in [-0.3, -0.25) is 19.2 Å². The maximum atomic E-state index is 13.2. The van der Waals surface area contributed by atoms with Gasteiger partial charge in [0.1, 0.15) is 34.5 Å². The number of hydrogen-bond donors (Lipinski definition) is 2. The van der Waals surface area contributed by atoms with E-state index in [-0.39, 0.29) is 39.5 Å². The lowest BCUT2D eigenvalue weighted by atomic mass is 10.1. The van der Waals surface area contributed by atoms with Crippen LogP contribution in [0, 0.1) is 0 Å². The molecule has 0 aliphatic rings. The number of hydrogen-bond acceptors (Lipinski definition) is 14. The summed E-state index contributed by atoms with van der Waals surface area (Å²) in [5.74, 6) is -3.55. The molecule has 0 aliphatic carbocycles. The van der Waals surface area contributed by atoms with Crippen LogP contribution in [0.15, 0.2) is 0 Å². The van der Waals surface area contributed by atoms with Crippen LogP contribution in [0.1, 0.15) is 95.9 Å². The monoisotopic (exact) mass is 790 g/mol. The first-order valence-electron chi connectivity index (χ1n) is 16.8. The van der Waals surface area contributed by atoms with E-state index in [1.807, 2.05) is 0 Å². The first-order valence-corrected chi connectivity index (χ1v) is 19.7. The Labute approximate surface area is 310 Å². The Balaban J connectivity index is 5.75. The molecule has 0 aromatic carbocycles. The minimum Gasteiger partial charge on any atom is -0.460 e. The fourth-order valence-corrected chi connectivity index (χ4v) is 6.27. The molecular formula is C32H62N4O14S2. The van der Waals surface area contributed by atoms with Crippen LogP contribution in [-0.2, 0) is 68.0 Å². The summed E-state index contributed by atoms with van der Waals surface area (Å²) in [6.07, 6.45) is -1.25. The van der Waals surface area contributed by atoms with E-state index in [1.165, 1.54) is 0 Å². The van der Waals surface area contributed by atoms with Crippen molar-refractivity contribution in [1.29, 1.82) is 0 Å². The second-order valence-electron chi connectivity index (χ2n) is 15.5. The molecule has 0 heterocycles. The molecule has 0 saturated carbocycles. The van der Waals surface area contributed by atoms with Crippen molar-refractivity contribution < 1.29 is 64.4 Å². The summed E-state index contributed by atoms with van der Waals surface area (Å²) in [4.78, 5) is 51.7. The third kappa shape index (κ3) is 20.7. The molecule has 18 nitrogen and oxygen atoms in total. The highest BCUT2D eigenvalue weighted by atomic mass is 32.2. The van der Waals surface area contributed by atoms with Gasteiger partial charge in [-0.25, -0.2) is 9.44 Å². The normalized spacial score (nSPS) is 14.5. The summed E-state index contributed by atoms with van der Waals surface area (Å²) in [5.41, 5.74) is -3.77. The van der Waals surface area contributed by atoms with E-state index in [0.29, 0.717) is 0 Å². The van der Waals surface area contributed by atoms with Crippen molar-refractivity contribution in [2.45, 2.75) is 130 Å². The van der Waals surface area contributed by atoms with Gasteiger partial charge in [0.2, 0.25) is 0 Å². The largest absolute Gasteiger partial charge is 0.460 e. The second kappa shape index (κ2) is 20.3. The van der Waals surface area contributed by atoms with Crippen molar-refractivity contribution in [3.05, 3.63) is 0 Å². The Morgan fingerprint density at radius 2 is 0.769 bits per heavy atom. The van der Waals surface area contributed by atoms with Crippen molar-refractivity contribution in [2.75, 3.05) is 53.6 Å². The molecule has 0 unspecified atom stereocenters. The summed E-state index contributed by atoms with van der Waals surface area (Å²) < 4.78 is 90.5. The molecule has 2 N–H and O–H groups in total. The minimum absolute atomic E-state index is 0.0945. The first kappa shape index (κ1) is 49.5. The van der Waals surface area contributed by atoms with Crippen LogP contribution in [0.25, 0.3) is 0 Å². The number of nitrogens with one attached hydrogen (secondary N) is 2. The maximum absolute atomic E-state index is 13.2. The number of rotatable bonds is 21. The molecular weight excluding hydrogens is 728 g/mol. The van der Waals surface area contributed by atoms with Crippen LogP contribution in [-0.4, -0.2) is 137 Å². The molecule has 2 atom stereocenters. The zero-order chi connectivity index (χ0) is 40.9. The second-order valence-corrected chi connectivity index (χ2v) is 19.2. The molecule has 0 radical (unpaired) electrons. The van der Waals surface area contributed by atoms with Gasteiger partial charge < -0.3 is 28.4 Å². The van der Waals surface area contributed by atoms with E-state index in [2.05, 4.69) is 9.44 Å². The smallest absolute Gasteiger partial charge is 0.325 e. The van der Waals surface area contributed by atoms with Crippen molar-refractivity contribution in [3.8, 4) is 0 Å². The number of carbonyl (C=O) groups excluding carboxylic acids is 4. The highest BCUT2D eigenvalue weighted by Crippen LogP contribution is 2.20. The van der Waals surface area contributed by atoms with Crippen LogP contribution in [0.3, 0.4) is 0 Å². The standard InChI is InChI=1S/C32H62N4O14S2/c1-29(2,3)47-25(37)21-23(27(39)49-31(7,8)9)35(51(41,42)33-13)15-17-45-19-20-46-18-16-36(52(43,44)34-14)24(28(40)50-32(10,11)12)22-26(38)48-30(4,5)6/h23-24,33-34H,15-22H2,1-14H3/t23-,24-/m0/s1. The molecule has 20 heteroatoms. The highest BCUT2D eigenvalue weighted by molar-refractivity contribution is 7.87. The molecule has 0 amide bonds. The predicted molar refractivity (Wildman–Crippen MR) is 191 cm³/mol. The van der Waals surface area contributed by atoms with Crippen LogP contribution in [0.2, 0.25) is 0 Å². The van der Waals surface area contributed by atoms with E-state index >= 15 is 0 Å². The van der Waals surface area contributed by atoms with E-state index < -0.39 is 91.6 Å². The minimum atomic E-state index is -4.30. The van der Waals surface area contributed by atoms with Gasteiger partial charge in [0.25, 0.3) is 20.4 Å². The number of carbonyl (C=O) groups is 4. The Kier molecular flexibility index (Phi) is 19.3. The van der Waals surface area contributed by atoms with Gasteiger partial charge in [-0.1, -0.05) is 0 Å². The molecule has 0 aromatic heterocycles. The number of ether oxygens (including phenoxy) is 6. The predicted octanol–water partition coefficient (Wildman–Crippen LogP) is 1.44. The van der Waals surface area contributed by atoms with E-state index in [9.17, 15) is 36.0 Å². The average molecular weight is 791 g/mol. The number of esters is 4. The van der Waals surface area contributed by atoms with Gasteiger partial charge >= 0.3 is 23.9 Å². The van der Waals surface area contributed by atoms with E-state index in [4.69, 9.17) is 28.4 Å².